The lowest BCUT2D eigenvalue weighted by Gasteiger charge is -2.23. The number of carbonyl (C=O) groups excluding carboxylic acids is 1. The zero-order chi connectivity index (χ0) is 24.2. The summed E-state index contributed by atoms with van der Waals surface area (Å²) in [7, 11) is -2.43. The molecule has 0 spiro atoms. The van der Waals surface area contributed by atoms with Crippen molar-refractivity contribution >= 4 is 27.6 Å². The maximum Gasteiger partial charge on any atom is 0.318 e. The van der Waals surface area contributed by atoms with Crippen molar-refractivity contribution in [3.05, 3.63) is 47.4 Å². The third-order valence-electron chi connectivity index (χ3n) is 6.00. The largest absolute Gasteiger partial charge is 0.489 e. The van der Waals surface area contributed by atoms with Gasteiger partial charge in [-0.1, -0.05) is 5.10 Å². The highest BCUT2D eigenvalue weighted by molar-refractivity contribution is 7.89. The van der Waals surface area contributed by atoms with Crippen LogP contribution < -0.4 is 19.7 Å². The summed E-state index contributed by atoms with van der Waals surface area (Å²) in [5, 5.41) is 10.5. The molecule has 0 bridgehead atoms. The molecule has 11 nitrogen and oxygen atoms in total. The van der Waals surface area contributed by atoms with Gasteiger partial charge in [-0.3, -0.25) is 4.79 Å². The molecule has 2 N–H and O–H groups in total. The second kappa shape index (κ2) is 8.09. The van der Waals surface area contributed by atoms with E-state index in [-0.39, 0.29) is 28.9 Å². The molecule has 1 unspecified atom stereocenters. The van der Waals surface area contributed by atoms with Crippen molar-refractivity contribution < 1.29 is 26.8 Å². The summed E-state index contributed by atoms with van der Waals surface area (Å²) in [6.07, 6.45) is 1.34. The Kier molecular flexibility index (Phi) is 5.32. The molecule has 4 heterocycles. The number of anilines is 2. The minimum atomic E-state index is -4.00. The fraction of sp³-hybridized carbons (Fsp3) is 0.381. The van der Waals surface area contributed by atoms with Crippen LogP contribution in [0.15, 0.2) is 33.7 Å². The number of benzene rings is 1. The van der Waals surface area contributed by atoms with Gasteiger partial charge in [0.25, 0.3) is 5.91 Å². The Morgan fingerprint density at radius 3 is 2.76 bits per heavy atom. The summed E-state index contributed by atoms with van der Waals surface area (Å²) >= 11 is 0. The van der Waals surface area contributed by atoms with Crippen LogP contribution in [0.3, 0.4) is 0 Å². The molecule has 1 saturated heterocycles. The molecule has 1 amide bonds. The van der Waals surface area contributed by atoms with Crippen molar-refractivity contribution in [1.82, 2.24) is 19.5 Å². The molecule has 2 aliphatic rings. The number of fused-ring (bicyclic) bond motifs is 2. The minimum Gasteiger partial charge on any atom is -0.489 e. The van der Waals surface area contributed by atoms with E-state index in [2.05, 4.69) is 20.2 Å². The summed E-state index contributed by atoms with van der Waals surface area (Å²) in [5.74, 6) is -0.798. The number of aryl methyl sites for hydroxylation is 3. The number of hydrogen-bond donors (Lipinski definition) is 2. The van der Waals surface area contributed by atoms with Gasteiger partial charge in [0, 0.05) is 50.9 Å². The van der Waals surface area contributed by atoms with Crippen LogP contribution in [0.5, 0.6) is 5.75 Å². The predicted molar refractivity (Wildman–Crippen MR) is 119 cm³/mol. The van der Waals surface area contributed by atoms with Crippen LogP contribution >= 0.6 is 0 Å². The van der Waals surface area contributed by atoms with Gasteiger partial charge < -0.3 is 23.9 Å². The molecule has 2 atom stereocenters. The lowest BCUT2D eigenvalue weighted by atomic mass is 10.1. The first kappa shape index (κ1) is 22.3. The maximum absolute atomic E-state index is 13.6. The number of amides is 1. The van der Waals surface area contributed by atoms with Crippen LogP contribution in [0.1, 0.15) is 21.9 Å². The number of rotatable bonds is 3. The molecule has 1 aromatic carbocycles. The van der Waals surface area contributed by atoms with Crippen LogP contribution in [0.4, 0.5) is 16.1 Å². The SMILES string of the molecule is Cc1nnc(N2CC3NS(=O)(=O)c4cn(C)c(C(=O)Nc5ccc(F)c(C)c5)c4OC[C@@H]3C2)o1. The van der Waals surface area contributed by atoms with Crippen LogP contribution in [-0.4, -0.2) is 54.8 Å². The van der Waals surface area contributed by atoms with Gasteiger partial charge in [0.15, 0.2) is 11.4 Å². The molecule has 5 rings (SSSR count). The number of ether oxygens (including phenoxy) is 1. The molecule has 2 aromatic heterocycles. The lowest BCUT2D eigenvalue weighted by Crippen LogP contribution is -2.43. The van der Waals surface area contributed by atoms with Gasteiger partial charge in [0.2, 0.25) is 15.9 Å². The zero-order valence-electron chi connectivity index (χ0n) is 18.7. The molecule has 180 valence electrons. The van der Waals surface area contributed by atoms with Crippen molar-refractivity contribution in [1.29, 1.82) is 0 Å². The van der Waals surface area contributed by atoms with Gasteiger partial charge in [-0.25, -0.2) is 17.5 Å². The van der Waals surface area contributed by atoms with Gasteiger partial charge >= 0.3 is 6.01 Å². The standard InChI is InChI=1S/C21H23FN6O5S/c1-11-6-14(4-5-15(11)22)23-20(29)18-19-17(9-27(18)3)34(30,31)26-16-8-28(7-13(16)10-32-19)21-25-24-12(2)33-21/h4-6,9,13,16,26H,7-8,10H2,1-3H3,(H,23,29)/t13-,16?/m0/s1. The predicted octanol–water partition coefficient (Wildman–Crippen LogP) is 1.59. The van der Waals surface area contributed by atoms with Crippen LogP contribution in [0.2, 0.25) is 0 Å². The average Bonchev–Trinajstić information content (AvgIpc) is 3.45. The van der Waals surface area contributed by atoms with E-state index in [9.17, 15) is 17.6 Å². The highest BCUT2D eigenvalue weighted by atomic mass is 32.2. The Bertz CT molecular complexity index is 1380. The van der Waals surface area contributed by atoms with Crippen LogP contribution in [-0.2, 0) is 17.1 Å². The second-order valence-corrected chi connectivity index (χ2v) is 10.2. The van der Waals surface area contributed by atoms with E-state index in [0.717, 1.165) is 0 Å². The number of hydrogen-bond acceptors (Lipinski definition) is 8. The van der Waals surface area contributed by atoms with E-state index < -0.39 is 27.8 Å². The first-order chi connectivity index (χ1) is 16.1. The van der Waals surface area contributed by atoms with Crippen molar-refractivity contribution in [2.24, 2.45) is 13.0 Å². The summed E-state index contributed by atoms with van der Waals surface area (Å²) in [6, 6.07) is 4.06. The van der Waals surface area contributed by atoms with Crippen molar-refractivity contribution in [3.8, 4) is 5.75 Å². The van der Waals surface area contributed by atoms with Crippen molar-refractivity contribution in [2.75, 3.05) is 29.9 Å². The normalized spacial score (nSPS) is 21.2. The summed E-state index contributed by atoms with van der Waals surface area (Å²) < 4.78 is 55.6. The molecule has 0 aliphatic carbocycles. The summed E-state index contributed by atoms with van der Waals surface area (Å²) in [5.41, 5.74) is 0.798. The highest BCUT2D eigenvalue weighted by Crippen LogP contribution is 2.35. The molecular weight excluding hydrogens is 467 g/mol. The number of aromatic nitrogens is 3. The Morgan fingerprint density at radius 2 is 2.06 bits per heavy atom. The first-order valence-electron chi connectivity index (χ1n) is 10.6. The molecule has 2 aliphatic heterocycles. The van der Waals surface area contributed by atoms with E-state index in [1.165, 1.54) is 29.0 Å². The molecule has 3 aromatic rings. The average molecular weight is 491 g/mol. The summed E-state index contributed by atoms with van der Waals surface area (Å²) in [6.45, 7) is 4.21. The fourth-order valence-electron chi connectivity index (χ4n) is 4.28. The maximum atomic E-state index is 13.6. The number of halogens is 1. The lowest BCUT2D eigenvalue weighted by molar-refractivity contribution is 0.101. The number of nitrogens with one attached hydrogen (secondary N) is 2. The Labute approximate surface area is 195 Å². The number of nitrogens with zero attached hydrogens (tertiary/aromatic N) is 4. The zero-order valence-corrected chi connectivity index (χ0v) is 19.5. The first-order valence-corrected chi connectivity index (χ1v) is 12.1. The monoisotopic (exact) mass is 490 g/mol. The topological polar surface area (TPSA) is 132 Å². The van der Waals surface area contributed by atoms with E-state index in [1.807, 2.05) is 4.90 Å². The third kappa shape index (κ3) is 3.90. The number of sulfonamides is 1. The highest BCUT2D eigenvalue weighted by Gasteiger charge is 2.42. The Hall–Kier alpha value is -3.45. The molecule has 13 heteroatoms. The van der Waals surface area contributed by atoms with E-state index in [1.54, 1.807) is 20.9 Å². The second-order valence-electron chi connectivity index (χ2n) is 8.51. The van der Waals surface area contributed by atoms with Crippen LogP contribution in [0.25, 0.3) is 0 Å². The van der Waals surface area contributed by atoms with Gasteiger partial charge in [-0.15, -0.1) is 5.10 Å². The van der Waals surface area contributed by atoms with Crippen molar-refractivity contribution in [3.63, 3.8) is 0 Å². The van der Waals surface area contributed by atoms with E-state index >= 15 is 0 Å². The van der Waals surface area contributed by atoms with Crippen LogP contribution in [0, 0.1) is 25.6 Å². The molecule has 0 radical (unpaired) electrons. The third-order valence-corrected chi connectivity index (χ3v) is 7.48. The quantitative estimate of drug-likeness (QED) is 0.566. The van der Waals surface area contributed by atoms with Gasteiger partial charge in [0.1, 0.15) is 10.7 Å². The van der Waals surface area contributed by atoms with E-state index in [4.69, 9.17) is 9.15 Å². The van der Waals surface area contributed by atoms with Gasteiger partial charge in [-0.05, 0) is 30.7 Å². The minimum absolute atomic E-state index is 0.0307. The summed E-state index contributed by atoms with van der Waals surface area (Å²) in [4.78, 5) is 14.8. The Balaban J connectivity index is 1.43. The van der Waals surface area contributed by atoms with E-state index in [0.29, 0.717) is 36.2 Å². The fourth-order valence-corrected chi connectivity index (χ4v) is 5.77. The van der Waals surface area contributed by atoms with Crippen molar-refractivity contribution in [2.45, 2.75) is 24.8 Å². The van der Waals surface area contributed by atoms with Gasteiger partial charge in [0.05, 0.1) is 6.61 Å². The molecule has 34 heavy (non-hydrogen) atoms. The van der Waals surface area contributed by atoms with Gasteiger partial charge in [-0.2, -0.15) is 0 Å². The number of carbonyl (C=O) groups is 1. The molecular formula is C21H23FN6O5S. The smallest absolute Gasteiger partial charge is 0.318 e. The molecule has 1 fully saturated rings. The molecule has 0 saturated carbocycles. The Morgan fingerprint density at radius 1 is 1.26 bits per heavy atom.